The Kier molecular flexibility index (Phi) is 3.87. The second kappa shape index (κ2) is 6.17. The monoisotopic (exact) mass is 336 g/mol. The third-order valence-electron chi connectivity index (χ3n) is 4.29. The zero-order chi connectivity index (χ0) is 16.5. The fraction of sp³-hybridized carbons (Fsp3) is 0.150. The molecule has 1 heterocycles. The quantitative estimate of drug-likeness (QED) is 0.660. The van der Waals surface area contributed by atoms with Gasteiger partial charge >= 0.3 is 0 Å². The Bertz CT molecular complexity index is 893. The number of allylic oxidation sites excluding steroid dienone is 1. The van der Waals surface area contributed by atoms with Crippen molar-refractivity contribution >= 4 is 17.7 Å². The van der Waals surface area contributed by atoms with Crippen LogP contribution in [0.25, 0.3) is 23.0 Å². The molecule has 0 bridgehead atoms. The highest BCUT2D eigenvalue weighted by Crippen LogP contribution is 2.32. The van der Waals surface area contributed by atoms with Crippen LogP contribution < -0.4 is 4.74 Å². The number of ether oxygens (including phenoxy) is 1. The van der Waals surface area contributed by atoms with Crippen molar-refractivity contribution in [3.63, 3.8) is 0 Å². The van der Waals surface area contributed by atoms with Gasteiger partial charge in [-0.05, 0) is 55.3 Å². The molecule has 0 fully saturated rings. The van der Waals surface area contributed by atoms with Crippen LogP contribution in [0.15, 0.2) is 54.6 Å². The summed E-state index contributed by atoms with van der Waals surface area (Å²) in [4.78, 5) is 0. The SMILES string of the molecule is COc1ccc(-n2nc(-c3ccc(Cl)cc3)c3c2C=CCC3)cc1. The van der Waals surface area contributed by atoms with Crippen molar-refractivity contribution in [2.75, 3.05) is 7.11 Å². The topological polar surface area (TPSA) is 27.1 Å². The van der Waals surface area contributed by atoms with Gasteiger partial charge in [0.25, 0.3) is 0 Å². The number of fused-ring (bicyclic) bond motifs is 1. The van der Waals surface area contributed by atoms with E-state index in [2.05, 4.69) is 12.2 Å². The number of methoxy groups -OCH3 is 1. The Morgan fingerprint density at radius 3 is 2.50 bits per heavy atom. The molecule has 0 spiro atoms. The fourth-order valence-corrected chi connectivity index (χ4v) is 3.19. The molecule has 0 aliphatic heterocycles. The summed E-state index contributed by atoms with van der Waals surface area (Å²) < 4.78 is 7.26. The molecule has 120 valence electrons. The van der Waals surface area contributed by atoms with Crippen molar-refractivity contribution in [2.45, 2.75) is 12.8 Å². The first kappa shape index (κ1) is 15.0. The zero-order valence-electron chi connectivity index (χ0n) is 13.4. The van der Waals surface area contributed by atoms with Gasteiger partial charge in [0.15, 0.2) is 0 Å². The van der Waals surface area contributed by atoms with E-state index in [1.165, 1.54) is 5.56 Å². The summed E-state index contributed by atoms with van der Waals surface area (Å²) in [7, 11) is 1.67. The average molecular weight is 337 g/mol. The molecule has 4 rings (SSSR count). The first-order chi connectivity index (χ1) is 11.8. The minimum atomic E-state index is 0.738. The predicted molar refractivity (Wildman–Crippen MR) is 97.9 cm³/mol. The molecule has 3 nitrogen and oxygen atoms in total. The Morgan fingerprint density at radius 1 is 1.04 bits per heavy atom. The molecule has 24 heavy (non-hydrogen) atoms. The van der Waals surface area contributed by atoms with E-state index in [1.54, 1.807) is 7.11 Å². The van der Waals surface area contributed by atoms with Crippen LogP contribution in [-0.2, 0) is 6.42 Å². The van der Waals surface area contributed by atoms with Crippen molar-refractivity contribution < 1.29 is 4.74 Å². The highest BCUT2D eigenvalue weighted by atomic mass is 35.5. The molecule has 3 aromatic rings. The van der Waals surface area contributed by atoms with E-state index in [9.17, 15) is 0 Å². The second-order valence-corrected chi connectivity index (χ2v) is 6.21. The average Bonchev–Trinajstić information content (AvgIpc) is 3.02. The van der Waals surface area contributed by atoms with E-state index in [1.807, 2.05) is 53.2 Å². The molecule has 2 aromatic carbocycles. The summed E-state index contributed by atoms with van der Waals surface area (Å²) >= 11 is 6.02. The Labute approximate surface area is 146 Å². The third-order valence-corrected chi connectivity index (χ3v) is 4.55. The van der Waals surface area contributed by atoms with Gasteiger partial charge in [-0.2, -0.15) is 5.10 Å². The molecule has 0 radical (unpaired) electrons. The third kappa shape index (κ3) is 2.61. The standard InChI is InChI=1S/C20H17ClN2O/c1-24-17-12-10-16(11-13-17)23-19-5-3-2-4-18(19)20(22-23)14-6-8-15(21)9-7-14/h3,5-13H,2,4H2,1H3. The lowest BCUT2D eigenvalue weighted by Gasteiger charge is -2.10. The number of hydrogen-bond donors (Lipinski definition) is 0. The molecule has 0 unspecified atom stereocenters. The molecular weight excluding hydrogens is 320 g/mol. The van der Waals surface area contributed by atoms with Crippen molar-refractivity contribution in [1.82, 2.24) is 9.78 Å². The minimum Gasteiger partial charge on any atom is -0.497 e. The van der Waals surface area contributed by atoms with Crippen LogP contribution in [0.5, 0.6) is 5.75 Å². The first-order valence-corrected chi connectivity index (χ1v) is 8.33. The first-order valence-electron chi connectivity index (χ1n) is 7.95. The van der Waals surface area contributed by atoms with Gasteiger partial charge in [-0.25, -0.2) is 4.68 Å². The van der Waals surface area contributed by atoms with Gasteiger partial charge in [-0.1, -0.05) is 29.8 Å². The molecule has 0 saturated carbocycles. The maximum absolute atomic E-state index is 6.02. The number of benzene rings is 2. The highest BCUT2D eigenvalue weighted by molar-refractivity contribution is 6.30. The van der Waals surface area contributed by atoms with Gasteiger partial charge in [-0.3, -0.25) is 0 Å². The molecule has 1 aliphatic rings. The fourth-order valence-electron chi connectivity index (χ4n) is 3.06. The summed E-state index contributed by atoms with van der Waals surface area (Å²) in [6, 6.07) is 15.8. The van der Waals surface area contributed by atoms with E-state index in [0.717, 1.165) is 46.3 Å². The lowest BCUT2D eigenvalue weighted by atomic mass is 9.98. The maximum atomic E-state index is 6.02. The Morgan fingerprint density at radius 2 is 1.79 bits per heavy atom. The van der Waals surface area contributed by atoms with Gasteiger partial charge < -0.3 is 4.74 Å². The highest BCUT2D eigenvalue weighted by Gasteiger charge is 2.20. The lowest BCUT2D eigenvalue weighted by Crippen LogP contribution is -2.01. The zero-order valence-corrected chi connectivity index (χ0v) is 14.1. The van der Waals surface area contributed by atoms with E-state index in [0.29, 0.717) is 0 Å². The van der Waals surface area contributed by atoms with Crippen LogP contribution in [0.1, 0.15) is 17.7 Å². The van der Waals surface area contributed by atoms with Crippen LogP contribution in [0.2, 0.25) is 5.02 Å². The summed E-state index contributed by atoms with van der Waals surface area (Å²) in [6.45, 7) is 0. The van der Waals surface area contributed by atoms with Gasteiger partial charge in [0, 0.05) is 16.1 Å². The molecule has 1 aromatic heterocycles. The van der Waals surface area contributed by atoms with Crippen LogP contribution in [-0.4, -0.2) is 16.9 Å². The normalized spacial score (nSPS) is 12.9. The van der Waals surface area contributed by atoms with E-state index in [4.69, 9.17) is 21.4 Å². The van der Waals surface area contributed by atoms with Gasteiger partial charge in [0.1, 0.15) is 5.75 Å². The molecule has 4 heteroatoms. The van der Waals surface area contributed by atoms with Crippen LogP contribution >= 0.6 is 11.6 Å². The van der Waals surface area contributed by atoms with Crippen LogP contribution in [0.4, 0.5) is 0 Å². The summed E-state index contributed by atoms with van der Waals surface area (Å²) in [5, 5.41) is 5.64. The Hall–Kier alpha value is -2.52. The van der Waals surface area contributed by atoms with E-state index < -0.39 is 0 Å². The molecule has 0 N–H and O–H groups in total. The largest absolute Gasteiger partial charge is 0.497 e. The van der Waals surface area contributed by atoms with Crippen LogP contribution in [0.3, 0.4) is 0 Å². The Balaban J connectivity index is 1.86. The molecule has 0 saturated heterocycles. The minimum absolute atomic E-state index is 0.738. The van der Waals surface area contributed by atoms with Gasteiger partial charge in [0.2, 0.25) is 0 Å². The number of nitrogens with zero attached hydrogens (tertiary/aromatic N) is 2. The van der Waals surface area contributed by atoms with Crippen LogP contribution in [0, 0.1) is 0 Å². The van der Waals surface area contributed by atoms with E-state index in [-0.39, 0.29) is 0 Å². The summed E-state index contributed by atoms with van der Waals surface area (Å²) in [5.74, 6) is 0.841. The smallest absolute Gasteiger partial charge is 0.119 e. The van der Waals surface area contributed by atoms with Crippen molar-refractivity contribution in [2.24, 2.45) is 0 Å². The summed E-state index contributed by atoms with van der Waals surface area (Å²) in [6.07, 6.45) is 6.41. The van der Waals surface area contributed by atoms with Crippen molar-refractivity contribution in [1.29, 1.82) is 0 Å². The predicted octanol–water partition coefficient (Wildman–Crippen LogP) is 5.16. The van der Waals surface area contributed by atoms with Gasteiger partial charge in [0.05, 0.1) is 24.2 Å². The van der Waals surface area contributed by atoms with Crippen molar-refractivity contribution in [3.8, 4) is 22.7 Å². The summed E-state index contributed by atoms with van der Waals surface area (Å²) in [5.41, 5.74) is 5.59. The number of aromatic nitrogens is 2. The van der Waals surface area contributed by atoms with E-state index >= 15 is 0 Å². The second-order valence-electron chi connectivity index (χ2n) is 5.77. The van der Waals surface area contributed by atoms with Gasteiger partial charge in [-0.15, -0.1) is 0 Å². The van der Waals surface area contributed by atoms with Crippen molar-refractivity contribution in [3.05, 3.63) is 70.9 Å². The molecular formula is C20H17ClN2O. The number of rotatable bonds is 3. The molecule has 0 amide bonds. The number of halogens is 1. The lowest BCUT2D eigenvalue weighted by molar-refractivity contribution is 0.414. The molecule has 0 atom stereocenters. The maximum Gasteiger partial charge on any atom is 0.119 e. The molecule has 1 aliphatic carbocycles. The number of hydrogen-bond acceptors (Lipinski definition) is 2.